The third kappa shape index (κ3) is 4.25. The Hall–Kier alpha value is -4.46. The Bertz CT molecular complexity index is 1320. The molecule has 0 spiro atoms. The van der Waals surface area contributed by atoms with Gasteiger partial charge < -0.3 is 19.5 Å². The number of amides is 2. The molecule has 5 rings (SSSR count). The van der Waals surface area contributed by atoms with Crippen LogP contribution in [0.3, 0.4) is 0 Å². The van der Waals surface area contributed by atoms with Crippen molar-refractivity contribution in [2.75, 3.05) is 23.9 Å². The van der Waals surface area contributed by atoms with E-state index in [4.69, 9.17) is 9.26 Å². The van der Waals surface area contributed by atoms with Gasteiger partial charge in [-0.25, -0.2) is 0 Å². The normalized spacial score (nSPS) is 15.4. The summed E-state index contributed by atoms with van der Waals surface area (Å²) in [5.74, 6) is 0.663. The predicted molar refractivity (Wildman–Crippen MR) is 127 cm³/mol. The van der Waals surface area contributed by atoms with E-state index >= 15 is 0 Å². The maximum atomic E-state index is 13.1. The van der Waals surface area contributed by atoms with Crippen molar-refractivity contribution >= 4 is 23.2 Å². The average molecular weight is 454 g/mol. The number of nitrogens with one attached hydrogen (secondary N) is 1. The number of rotatable bonds is 6. The molecule has 2 heterocycles. The first-order chi connectivity index (χ1) is 16.6. The minimum Gasteiger partial charge on any atom is -0.497 e. The second kappa shape index (κ2) is 9.19. The second-order valence-corrected chi connectivity index (χ2v) is 7.93. The second-order valence-electron chi connectivity index (χ2n) is 7.93. The molecule has 1 N–H and O–H groups in total. The van der Waals surface area contributed by atoms with Crippen LogP contribution < -0.4 is 15.0 Å². The highest BCUT2D eigenvalue weighted by Crippen LogP contribution is 2.31. The zero-order valence-electron chi connectivity index (χ0n) is 18.5. The van der Waals surface area contributed by atoms with E-state index in [1.165, 1.54) is 0 Å². The lowest BCUT2D eigenvalue weighted by atomic mass is 10.1. The predicted octanol–water partition coefficient (Wildman–Crippen LogP) is 4.40. The number of ether oxygens (including phenoxy) is 1. The summed E-state index contributed by atoms with van der Waals surface area (Å²) in [7, 11) is 1.59. The van der Waals surface area contributed by atoms with Crippen LogP contribution in [0.1, 0.15) is 6.42 Å². The molecular formula is C26H22N4O4. The summed E-state index contributed by atoms with van der Waals surface area (Å²) in [6.07, 6.45) is 0.138. The molecule has 1 atom stereocenters. The minimum absolute atomic E-state index is 0.0944. The van der Waals surface area contributed by atoms with Gasteiger partial charge in [0, 0.05) is 24.2 Å². The van der Waals surface area contributed by atoms with Gasteiger partial charge in [-0.15, -0.1) is 0 Å². The van der Waals surface area contributed by atoms with Crippen LogP contribution in [-0.2, 0) is 9.59 Å². The van der Waals surface area contributed by atoms with Gasteiger partial charge in [0.15, 0.2) is 0 Å². The highest BCUT2D eigenvalue weighted by molar-refractivity contribution is 6.04. The Kier molecular flexibility index (Phi) is 5.78. The summed E-state index contributed by atoms with van der Waals surface area (Å²) < 4.78 is 10.7. The first-order valence-corrected chi connectivity index (χ1v) is 10.9. The van der Waals surface area contributed by atoms with Crippen LogP contribution in [0, 0.1) is 5.92 Å². The van der Waals surface area contributed by atoms with Crippen LogP contribution in [0.5, 0.6) is 5.75 Å². The lowest BCUT2D eigenvalue weighted by Crippen LogP contribution is -2.28. The van der Waals surface area contributed by atoms with Crippen molar-refractivity contribution in [3.8, 4) is 28.6 Å². The molecule has 2 amide bonds. The van der Waals surface area contributed by atoms with Crippen molar-refractivity contribution in [1.82, 2.24) is 10.1 Å². The number of nitrogens with zero attached hydrogens (tertiary/aromatic N) is 3. The molecule has 0 unspecified atom stereocenters. The molecule has 3 aromatic carbocycles. The molecule has 0 aliphatic carbocycles. The van der Waals surface area contributed by atoms with Gasteiger partial charge in [-0.3, -0.25) is 9.59 Å². The zero-order valence-corrected chi connectivity index (χ0v) is 18.5. The van der Waals surface area contributed by atoms with E-state index in [1.807, 2.05) is 54.6 Å². The average Bonchev–Trinajstić information content (AvgIpc) is 3.52. The molecule has 0 saturated carbocycles. The van der Waals surface area contributed by atoms with Gasteiger partial charge in [-0.1, -0.05) is 47.6 Å². The van der Waals surface area contributed by atoms with E-state index in [2.05, 4.69) is 15.5 Å². The highest BCUT2D eigenvalue weighted by atomic mass is 16.5. The van der Waals surface area contributed by atoms with Crippen molar-refractivity contribution in [2.45, 2.75) is 6.42 Å². The lowest BCUT2D eigenvalue weighted by Gasteiger charge is -2.17. The number of hydrogen-bond donors (Lipinski definition) is 1. The number of methoxy groups -OCH3 is 1. The smallest absolute Gasteiger partial charge is 0.260 e. The van der Waals surface area contributed by atoms with Gasteiger partial charge in [-0.2, -0.15) is 4.98 Å². The monoisotopic (exact) mass is 454 g/mol. The molecule has 1 fully saturated rings. The van der Waals surface area contributed by atoms with Crippen molar-refractivity contribution in [1.29, 1.82) is 0 Å². The summed E-state index contributed by atoms with van der Waals surface area (Å²) >= 11 is 0. The fourth-order valence-corrected chi connectivity index (χ4v) is 3.95. The summed E-state index contributed by atoms with van der Waals surface area (Å²) in [5, 5.41) is 7.01. The number of aromatic nitrogens is 2. The van der Waals surface area contributed by atoms with Gasteiger partial charge in [0.1, 0.15) is 5.75 Å². The maximum Gasteiger partial charge on any atom is 0.260 e. The molecule has 1 saturated heterocycles. The molecule has 1 aromatic heterocycles. The van der Waals surface area contributed by atoms with E-state index in [-0.39, 0.29) is 18.2 Å². The maximum absolute atomic E-state index is 13.1. The Morgan fingerprint density at radius 1 is 1.03 bits per heavy atom. The van der Waals surface area contributed by atoms with Crippen LogP contribution in [0.15, 0.2) is 83.4 Å². The number of anilines is 2. The molecular weight excluding hydrogens is 432 g/mol. The molecule has 170 valence electrons. The number of para-hydroxylation sites is 1. The first kappa shape index (κ1) is 21.4. The fourth-order valence-electron chi connectivity index (χ4n) is 3.95. The van der Waals surface area contributed by atoms with E-state index in [0.29, 0.717) is 35.3 Å². The fraction of sp³-hybridized carbons (Fsp3) is 0.154. The largest absolute Gasteiger partial charge is 0.497 e. The van der Waals surface area contributed by atoms with Crippen LogP contribution in [0.25, 0.3) is 22.8 Å². The van der Waals surface area contributed by atoms with E-state index in [9.17, 15) is 9.59 Å². The Morgan fingerprint density at radius 3 is 2.53 bits per heavy atom. The molecule has 1 aliphatic rings. The summed E-state index contributed by atoms with van der Waals surface area (Å²) in [6.45, 7) is 0.303. The van der Waals surface area contributed by atoms with Crippen LogP contribution in [0.4, 0.5) is 11.4 Å². The minimum atomic E-state index is -0.481. The molecule has 8 nitrogen and oxygen atoms in total. The van der Waals surface area contributed by atoms with Gasteiger partial charge in [0.05, 0.1) is 24.3 Å². The van der Waals surface area contributed by atoms with Crippen LogP contribution in [-0.4, -0.2) is 35.6 Å². The van der Waals surface area contributed by atoms with Crippen molar-refractivity contribution in [3.05, 3.63) is 78.9 Å². The van der Waals surface area contributed by atoms with Gasteiger partial charge >= 0.3 is 0 Å². The molecule has 4 aromatic rings. The number of carbonyl (C=O) groups is 2. The molecule has 1 aliphatic heterocycles. The third-order valence-electron chi connectivity index (χ3n) is 5.75. The van der Waals surface area contributed by atoms with Gasteiger partial charge in [0.2, 0.25) is 17.6 Å². The highest BCUT2D eigenvalue weighted by Gasteiger charge is 2.35. The standard InChI is InChI=1S/C26H22N4O4/c1-33-20-13-11-19(12-14-20)30-16-18(15-23(30)31)25(32)27-22-10-6-5-9-21(22)26-28-24(29-34-26)17-7-3-2-4-8-17/h2-14,18H,15-16H2,1H3,(H,27,32)/t18-/m1/s1. The topological polar surface area (TPSA) is 97.6 Å². The molecule has 0 bridgehead atoms. The van der Waals surface area contributed by atoms with Crippen molar-refractivity contribution < 1.29 is 18.8 Å². The molecule has 34 heavy (non-hydrogen) atoms. The zero-order chi connectivity index (χ0) is 23.5. The Morgan fingerprint density at radius 2 is 1.76 bits per heavy atom. The van der Waals surface area contributed by atoms with E-state index in [0.717, 1.165) is 11.3 Å². The van der Waals surface area contributed by atoms with Crippen LogP contribution in [0.2, 0.25) is 0 Å². The number of hydrogen-bond acceptors (Lipinski definition) is 6. The summed E-state index contributed by atoms with van der Waals surface area (Å²) in [5.41, 5.74) is 2.73. The number of benzene rings is 3. The Balaban J connectivity index is 1.32. The van der Waals surface area contributed by atoms with E-state index in [1.54, 1.807) is 36.3 Å². The van der Waals surface area contributed by atoms with Gasteiger partial charge in [0.25, 0.3) is 5.89 Å². The lowest BCUT2D eigenvalue weighted by molar-refractivity contribution is -0.122. The van der Waals surface area contributed by atoms with E-state index < -0.39 is 5.92 Å². The summed E-state index contributed by atoms with van der Waals surface area (Å²) in [6, 6.07) is 24.0. The molecule has 8 heteroatoms. The first-order valence-electron chi connectivity index (χ1n) is 10.9. The SMILES string of the molecule is COc1ccc(N2C[C@H](C(=O)Nc3ccccc3-c3nc(-c4ccccc4)no3)CC2=O)cc1. The van der Waals surface area contributed by atoms with Crippen molar-refractivity contribution in [2.24, 2.45) is 5.92 Å². The summed E-state index contributed by atoms with van der Waals surface area (Å²) in [4.78, 5) is 31.8. The van der Waals surface area contributed by atoms with Crippen LogP contribution >= 0.6 is 0 Å². The third-order valence-corrected chi connectivity index (χ3v) is 5.75. The Labute approximate surface area is 196 Å². The quantitative estimate of drug-likeness (QED) is 0.464. The number of carbonyl (C=O) groups excluding carboxylic acids is 2. The van der Waals surface area contributed by atoms with Crippen molar-refractivity contribution in [3.63, 3.8) is 0 Å². The van der Waals surface area contributed by atoms with Gasteiger partial charge in [-0.05, 0) is 36.4 Å². The molecule has 0 radical (unpaired) electrons.